The highest BCUT2D eigenvalue weighted by Crippen LogP contribution is 2.18. The van der Waals surface area contributed by atoms with E-state index in [2.05, 4.69) is 10.00 Å². The third kappa shape index (κ3) is 3.98. The predicted molar refractivity (Wildman–Crippen MR) is 102 cm³/mol. The average molecular weight is 396 g/mol. The van der Waals surface area contributed by atoms with E-state index in [9.17, 15) is 14.0 Å². The molecular formula is C20H21FN6O2. The Bertz CT molecular complexity index is 970. The molecule has 150 valence electrons. The van der Waals surface area contributed by atoms with E-state index in [1.54, 1.807) is 21.9 Å². The van der Waals surface area contributed by atoms with Gasteiger partial charge in [-0.1, -0.05) is 6.07 Å². The zero-order valence-electron chi connectivity index (χ0n) is 15.9. The van der Waals surface area contributed by atoms with Gasteiger partial charge in [0.2, 0.25) is 0 Å². The van der Waals surface area contributed by atoms with Crippen LogP contribution in [0, 0.1) is 17.1 Å². The van der Waals surface area contributed by atoms with Gasteiger partial charge in [-0.25, -0.2) is 9.18 Å². The van der Waals surface area contributed by atoms with E-state index in [1.807, 2.05) is 6.07 Å². The molecule has 9 heteroatoms. The molecule has 4 rings (SSSR count). The van der Waals surface area contributed by atoms with Gasteiger partial charge < -0.3 is 9.80 Å². The molecular weight excluding hydrogens is 375 g/mol. The number of amides is 2. The first-order valence-corrected chi connectivity index (χ1v) is 9.59. The number of carbonyl (C=O) groups is 2. The molecule has 2 aromatic rings. The van der Waals surface area contributed by atoms with Crippen LogP contribution in [0.25, 0.3) is 0 Å². The summed E-state index contributed by atoms with van der Waals surface area (Å²) in [5.41, 5.74) is 1.26. The number of aromatic nitrogens is 2. The van der Waals surface area contributed by atoms with Gasteiger partial charge >= 0.3 is 6.03 Å². The summed E-state index contributed by atoms with van der Waals surface area (Å²) in [6.45, 7) is 4.09. The van der Waals surface area contributed by atoms with Crippen molar-refractivity contribution >= 4 is 11.9 Å². The zero-order valence-corrected chi connectivity index (χ0v) is 15.9. The number of carbonyl (C=O) groups excluding carboxylic acids is 2. The van der Waals surface area contributed by atoms with Crippen molar-refractivity contribution in [3.63, 3.8) is 0 Å². The average Bonchev–Trinajstić information content (AvgIpc) is 3.17. The van der Waals surface area contributed by atoms with Gasteiger partial charge in [0.25, 0.3) is 5.91 Å². The van der Waals surface area contributed by atoms with Crippen molar-refractivity contribution in [3.8, 4) is 6.07 Å². The third-order valence-corrected chi connectivity index (χ3v) is 5.39. The Morgan fingerprint density at radius 1 is 1.10 bits per heavy atom. The molecule has 29 heavy (non-hydrogen) atoms. The van der Waals surface area contributed by atoms with Crippen LogP contribution in [0.5, 0.6) is 0 Å². The molecule has 0 saturated carbocycles. The lowest BCUT2D eigenvalue weighted by Crippen LogP contribution is -2.49. The van der Waals surface area contributed by atoms with E-state index in [-0.39, 0.29) is 17.8 Å². The van der Waals surface area contributed by atoms with Crippen molar-refractivity contribution in [3.05, 3.63) is 53.1 Å². The molecule has 2 fully saturated rings. The number of piperazine rings is 1. The van der Waals surface area contributed by atoms with Gasteiger partial charge in [-0.05, 0) is 18.6 Å². The Hall–Kier alpha value is -3.25. The second-order valence-corrected chi connectivity index (χ2v) is 7.28. The van der Waals surface area contributed by atoms with Crippen molar-refractivity contribution in [2.75, 3.05) is 39.3 Å². The van der Waals surface area contributed by atoms with E-state index in [0.717, 1.165) is 19.5 Å². The first kappa shape index (κ1) is 19.1. The summed E-state index contributed by atoms with van der Waals surface area (Å²) < 4.78 is 15.7. The molecule has 0 aliphatic carbocycles. The van der Waals surface area contributed by atoms with Crippen molar-refractivity contribution in [1.29, 1.82) is 5.26 Å². The van der Waals surface area contributed by atoms with Crippen LogP contribution in [-0.2, 0) is 6.54 Å². The van der Waals surface area contributed by atoms with Crippen molar-refractivity contribution in [1.82, 2.24) is 24.5 Å². The summed E-state index contributed by atoms with van der Waals surface area (Å²) in [5.74, 6) is -0.498. The van der Waals surface area contributed by atoms with Gasteiger partial charge in [0.05, 0.1) is 18.0 Å². The highest BCUT2D eigenvalue weighted by atomic mass is 19.1. The topological polar surface area (TPSA) is 85.5 Å². The third-order valence-electron chi connectivity index (χ3n) is 5.39. The molecule has 0 radical (unpaired) electrons. The summed E-state index contributed by atoms with van der Waals surface area (Å²) in [6.07, 6.45) is 3.76. The number of nitrogens with zero attached hydrogens (tertiary/aromatic N) is 6. The molecule has 8 nitrogen and oxygen atoms in total. The smallest absolute Gasteiger partial charge is 0.339 e. The Kier molecular flexibility index (Phi) is 5.27. The summed E-state index contributed by atoms with van der Waals surface area (Å²) >= 11 is 0. The van der Waals surface area contributed by atoms with E-state index in [0.29, 0.717) is 49.4 Å². The maximum Gasteiger partial charge on any atom is 0.344 e. The van der Waals surface area contributed by atoms with E-state index in [1.165, 1.54) is 23.1 Å². The number of rotatable bonds is 3. The molecule has 0 N–H and O–H groups in total. The van der Waals surface area contributed by atoms with Gasteiger partial charge in [-0.3, -0.25) is 9.69 Å². The second kappa shape index (κ2) is 8.01. The lowest BCUT2D eigenvalue weighted by atomic mass is 10.1. The molecule has 2 aliphatic heterocycles. The number of hydrogen-bond donors (Lipinski definition) is 0. The first-order chi connectivity index (χ1) is 14.0. The second-order valence-electron chi connectivity index (χ2n) is 7.28. The highest BCUT2D eigenvalue weighted by molar-refractivity contribution is 5.94. The fraction of sp³-hybridized carbons (Fsp3) is 0.400. The molecule has 3 heterocycles. The van der Waals surface area contributed by atoms with Crippen molar-refractivity contribution in [2.24, 2.45) is 0 Å². The zero-order chi connectivity index (χ0) is 20.4. The molecule has 0 atom stereocenters. The van der Waals surface area contributed by atoms with E-state index < -0.39 is 0 Å². The molecule has 0 unspecified atom stereocenters. The Morgan fingerprint density at radius 2 is 1.86 bits per heavy atom. The quantitative estimate of drug-likeness (QED) is 0.785. The molecule has 2 saturated heterocycles. The Balaban J connectivity index is 1.33. The number of likely N-dealkylation sites (tertiary alicyclic amines) is 1. The maximum atomic E-state index is 14.5. The van der Waals surface area contributed by atoms with Gasteiger partial charge in [-0.15, -0.1) is 0 Å². The predicted octanol–water partition coefficient (Wildman–Crippen LogP) is 1.53. The minimum absolute atomic E-state index is 0.119. The number of halogens is 1. The van der Waals surface area contributed by atoms with Crippen LogP contribution < -0.4 is 0 Å². The van der Waals surface area contributed by atoms with Crippen LogP contribution in [0.3, 0.4) is 0 Å². The van der Waals surface area contributed by atoms with Gasteiger partial charge in [0, 0.05) is 56.9 Å². The highest BCUT2D eigenvalue weighted by Gasteiger charge is 2.25. The van der Waals surface area contributed by atoms with Crippen LogP contribution in [0.1, 0.15) is 27.9 Å². The normalized spacial score (nSPS) is 17.0. The molecule has 2 amide bonds. The van der Waals surface area contributed by atoms with Crippen LogP contribution in [0.2, 0.25) is 0 Å². The molecule has 0 spiro atoms. The fourth-order valence-electron chi connectivity index (χ4n) is 3.48. The van der Waals surface area contributed by atoms with Gasteiger partial charge in [0.1, 0.15) is 11.9 Å². The summed E-state index contributed by atoms with van der Waals surface area (Å²) in [5, 5.41) is 12.8. The number of benzene rings is 1. The number of nitriles is 1. The lowest BCUT2D eigenvalue weighted by Gasteiger charge is -2.34. The standard InChI is InChI=1S/C20H21FN6O2/c21-18-10-16(19(28)25-4-1-5-25)2-3-17(18)14-24-6-8-26(9-7-24)20(29)27-13-15(11-22)12-23-27/h2-3,10,12-13H,1,4-9,14H2. The summed E-state index contributed by atoms with van der Waals surface area (Å²) in [4.78, 5) is 30.1. The number of hydrogen-bond acceptors (Lipinski definition) is 5. The Morgan fingerprint density at radius 3 is 2.45 bits per heavy atom. The first-order valence-electron chi connectivity index (χ1n) is 9.59. The van der Waals surface area contributed by atoms with Crippen LogP contribution in [0.4, 0.5) is 9.18 Å². The fourth-order valence-corrected chi connectivity index (χ4v) is 3.48. The summed E-state index contributed by atoms with van der Waals surface area (Å²) in [6, 6.07) is 6.35. The van der Waals surface area contributed by atoms with Crippen molar-refractivity contribution in [2.45, 2.75) is 13.0 Å². The van der Waals surface area contributed by atoms with E-state index >= 15 is 0 Å². The van der Waals surface area contributed by atoms with Gasteiger partial charge in [-0.2, -0.15) is 15.0 Å². The van der Waals surface area contributed by atoms with E-state index in [4.69, 9.17) is 5.26 Å². The maximum absolute atomic E-state index is 14.5. The minimum atomic E-state index is -0.379. The van der Waals surface area contributed by atoms with Gasteiger partial charge in [0.15, 0.2) is 0 Å². The largest absolute Gasteiger partial charge is 0.344 e. The van der Waals surface area contributed by atoms with Crippen molar-refractivity contribution < 1.29 is 14.0 Å². The van der Waals surface area contributed by atoms with Crippen LogP contribution >= 0.6 is 0 Å². The SMILES string of the molecule is N#Cc1cnn(C(=O)N2CCN(Cc3ccc(C(=O)N4CCC4)cc3F)CC2)c1. The molecule has 1 aromatic heterocycles. The Labute approximate surface area is 167 Å². The minimum Gasteiger partial charge on any atom is -0.339 e. The summed E-state index contributed by atoms with van der Waals surface area (Å²) in [7, 11) is 0. The van der Waals surface area contributed by atoms with Crippen LogP contribution in [0.15, 0.2) is 30.6 Å². The lowest BCUT2D eigenvalue weighted by molar-refractivity contribution is 0.0651. The molecule has 0 bridgehead atoms. The molecule has 1 aromatic carbocycles. The van der Waals surface area contributed by atoms with Crippen LogP contribution in [-0.4, -0.2) is 75.7 Å². The molecule has 2 aliphatic rings. The monoisotopic (exact) mass is 396 g/mol.